The van der Waals surface area contributed by atoms with E-state index in [2.05, 4.69) is 181 Å². The monoisotopic (exact) mass is 733 g/mol. The molecule has 3 heterocycles. The van der Waals surface area contributed by atoms with Gasteiger partial charge in [0.1, 0.15) is 22.3 Å². The Hall–Kier alpha value is -7.14. The summed E-state index contributed by atoms with van der Waals surface area (Å²) in [6.07, 6.45) is 0. The molecule has 262 valence electrons. The van der Waals surface area contributed by atoms with E-state index in [0.29, 0.717) is 0 Å². The summed E-state index contributed by atoms with van der Waals surface area (Å²) in [5, 5.41) is 9.38. The van der Waals surface area contributed by atoms with E-state index in [9.17, 15) is 0 Å². The minimum Gasteiger partial charge on any atom is -0.456 e. The van der Waals surface area contributed by atoms with Gasteiger partial charge in [-0.3, -0.25) is 0 Å². The maximum absolute atomic E-state index is 6.53. The summed E-state index contributed by atoms with van der Waals surface area (Å²) >= 11 is 1.85. The topological polar surface area (TPSA) is 29.5 Å². The molecule has 0 atom stereocenters. The lowest BCUT2D eigenvalue weighted by molar-refractivity contribution is 0.669. The highest BCUT2D eigenvalue weighted by Crippen LogP contribution is 2.45. The van der Waals surface area contributed by atoms with Crippen LogP contribution in [0.1, 0.15) is 0 Å². The zero-order valence-electron chi connectivity index (χ0n) is 30.1. The van der Waals surface area contributed by atoms with E-state index in [1.807, 2.05) is 23.5 Å². The van der Waals surface area contributed by atoms with E-state index < -0.39 is 0 Å². The fraction of sp³-hybridized carbons (Fsp3) is 0. The van der Waals surface area contributed by atoms with Crippen molar-refractivity contribution < 1.29 is 8.83 Å². The normalized spacial score (nSPS) is 11.9. The molecule has 0 N–H and O–H groups in total. The Morgan fingerprint density at radius 1 is 0.375 bits per heavy atom. The average molecular weight is 734 g/mol. The summed E-state index contributed by atoms with van der Waals surface area (Å²) < 4.78 is 15.6. The number of rotatable bonds is 5. The molecule has 0 bridgehead atoms. The van der Waals surface area contributed by atoms with Gasteiger partial charge >= 0.3 is 0 Å². The van der Waals surface area contributed by atoms with Gasteiger partial charge in [0.2, 0.25) is 0 Å². The highest BCUT2D eigenvalue weighted by Gasteiger charge is 2.21. The van der Waals surface area contributed by atoms with Crippen LogP contribution in [0.25, 0.3) is 97.1 Å². The van der Waals surface area contributed by atoms with E-state index in [1.54, 1.807) is 0 Å². The fourth-order valence-corrected chi connectivity index (χ4v) is 9.75. The van der Waals surface area contributed by atoms with Crippen molar-refractivity contribution >= 4 is 103 Å². The van der Waals surface area contributed by atoms with Gasteiger partial charge in [-0.05, 0) is 100 Å². The lowest BCUT2D eigenvalue weighted by Gasteiger charge is -2.26. The van der Waals surface area contributed by atoms with Crippen LogP contribution < -0.4 is 4.90 Å². The van der Waals surface area contributed by atoms with Crippen molar-refractivity contribution in [1.82, 2.24) is 0 Å². The van der Waals surface area contributed by atoms with Gasteiger partial charge in [-0.1, -0.05) is 115 Å². The van der Waals surface area contributed by atoms with Crippen molar-refractivity contribution in [3.63, 3.8) is 0 Å². The van der Waals surface area contributed by atoms with Gasteiger partial charge in [-0.15, -0.1) is 11.3 Å². The van der Waals surface area contributed by atoms with E-state index in [4.69, 9.17) is 8.83 Å². The summed E-state index contributed by atoms with van der Waals surface area (Å²) in [5.74, 6) is 0. The van der Waals surface area contributed by atoms with Crippen LogP contribution in [0.2, 0.25) is 0 Å². The van der Waals surface area contributed by atoms with Crippen LogP contribution in [0.5, 0.6) is 0 Å². The Morgan fingerprint density at radius 3 is 1.86 bits per heavy atom. The lowest BCUT2D eigenvalue weighted by Crippen LogP contribution is -2.10. The Morgan fingerprint density at radius 2 is 1.02 bits per heavy atom. The molecule has 12 rings (SSSR count). The number of thiophene rings is 1. The van der Waals surface area contributed by atoms with Gasteiger partial charge in [-0.2, -0.15) is 0 Å². The molecule has 9 aromatic carbocycles. The Kier molecular flexibility index (Phi) is 6.80. The zero-order chi connectivity index (χ0) is 36.7. The summed E-state index contributed by atoms with van der Waals surface area (Å²) in [4.78, 5) is 2.35. The first-order valence-electron chi connectivity index (χ1n) is 18.9. The number of benzene rings is 9. The first-order valence-corrected chi connectivity index (χ1v) is 19.7. The van der Waals surface area contributed by atoms with Crippen LogP contribution in [0.15, 0.2) is 197 Å². The highest BCUT2D eigenvalue weighted by atomic mass is 32.1. The van der Waals surface area contributed by atoms with Crippen LogP contribution in [-0.2, 0) is 0 Å². The SMILES string of the molecule is c1ccc2c(c1)ccc1c2oc2cccc(-c3ccc(N(c4ccc(-c5ccc6sc7ccccc7c6c5)cc4)c4cccc5oc6ccccc6c45)cc3)c21. The third-order valence-corrected chi connectivity index (χ3v) is 12.4. The first kappa shape index (κ1) is 31.2. The van der Waals surface area contributed by atoms with Gasteiger partial charge in [0.25, 0.3) is 0 Å². The van der Waals surface area contributed by atoms with Crippen molar-refractivity contribution in [2.24, 2.45) is 0 Å². The molecule has 0 saturated carbocycles. The molecule has 56 heavy (non-hydrogen) atoms. The second kappa shape index (κ2) is 12.2. The quantitative estimate of drug-likeness (QED) is 0.176. The van der Waals surface area contributed by atoms with Crippen LogP contribution in [0.4, 0.5) is 17.1 Å². The van der Waals surface area contributed by atoms with E-state index in [1.165, 1.54) is 36.7 Å². The molecule has 0 amide bonds. The van der Waals surface area contributed by atoms with Crippen molar-refractivity contribution in [2.75, 3.05) is 4.90 Å². The molecule has 0 aliphatic rings. The maximum Gasteiger partial charge on any atom is 0.143 e. The Bertz CT molecular complexity index is 3480. The number of hydrogen-bond acceptors (Lipinski definition) is 4. The number of fused-ring (bicyclic) bond motifs is 11. The van der Waals surface area contributed by atoms with Gasteiger partial charge in [0.05, 0.1) is 11.1 Å². The molecule has 3 nitrogen and oxygen atoms in total. The van der Waals surface area contributed by atoms with Gasteiger partial charge in [-0.25, -0.2) is 0 Å². The standard InChI is InChI=1S/C52H31NO2S/c1-2-10-39-33(9-1)23-29-42-50-38(13-7-16-46(50)55-52(39)42)34-21-27-37(28-22-34)53(44-14-8-17-47-51(44)41-12-3-5-15-45(41)54-47)36-25-19-32(20-26-36)35-24-30-49-43(31-35)40-11-4-6-18-48(40)56-49/h1-31H. The molecule has 0 unspecified atom stereocenters. The highest BCUT2D eigenvalue weighted by molar-refractivity contribution is 7.25. The summed E-state index contributed by atoms with van der Waals surface area (Å²) in [7, 11) is 0. The van der Waals surface area contributed by atoms with E-state index in [0.717, 1.165) is 77.5 Å². The molecular formula is C52H31NO2S. The maximum atomic E-state index is 6.53. The number of anilines is 3. The third-order valence-electron chi connectivity index (χ3n) is 11.3. The van der Waals surface area contributed by atoms with Crippen LogP contribution >= 0.6 is 11.3 Å². The second-order valence-corrected chi connectivity index (χ2v) is 15.5. The predicted molar refractivity (Wildman–Crippen MR) is 237 cm³/mol. The fourth-order valence-electron chi connectivity index (χ4n) is 8.66. The third kappa shape index (κ3) is 4.76. The number of para-hydroxylation sites is 1. The first-order chi connectivity index (χ1) is 27.7. The van der Waals surface area contributed by atoms with Crippen molar-refractivity contribution in [2.45, 2.75) is 0 Å². The van der Waals surface area contributed by atoms with Crippen LogP contribution in [-0.4, -0.2) is 0 Å². The zero-order valence-corrected chi connectivity index (χ0v) is 30.9. The molecule has 4 heteroatoms. The van der Waals surface area contributed by atoms with Gasteiger partial charge in [0, 0.05) is 53.1 Å². The largest absolute Gasteiger partial charge is 0.456 e. The lowest BCUT2D eigenvalue weighted by atomic mass is 9.97. The number of hydrogen-bond donors (Lipinski definition) is 0. The molecule has 12 aromatic rings. The molecule has 0 aliphatic heterocycles. The minimum atomic E-state index is 0.865. The molecule has 0 saturated heterocycles. The van der Waals surface area contributed by atoms with E-state index >= 15 is 0 Å². The van der Waals surface area contributed by atoms with Gasteiger partial charge < -0.3 is 13.7 Å². The molecule has 0 radical (unpaired) electrons. The Balaban J connectivity index is 0.998. The van der Waals surface area contributed by atoms with Crippen molar-refractivity contribution in [3.05, 3.63) is 188 Å². The van der Waals surface area contributed by atoms with Crippen LogP contribution in [0, 0.1) is 0 Å². The van der Waals surface area contributed by atoms with Gasteiger partial charge in [0.15, 0.2) is 0 Å². The Labute approximate surface area is 325 Å². The summed E-state index contributed by atoms with van der Waals surface area (Å²) in [6.45, 7) is 0. The van der Waals surface area contributed by atoms with E-state index in [-0.39, 0.29) is 0 Å². The average Bonchev–Trinajstić information content (AvgIpc) is 3.96. The second-order valence-electron chi connectivity index (χ2n) is 14.4. The van der Waals surface area contributed by atoms with Crippen LogP contribution in [0.3, 0.4) is 0 Å². The van der Waals surface area contributed by atoms with Crippen molar-refractivity contribution in [1.29, 1.82) is 0 Å². The smallest absolute Gasteiger partial charge is 0.143 e. The molecule has 0 aliphatic carbocycles. The molecule has 0 spiro atoms. The number of nitrogens with zero attached hydrogens (tertiary/aromatic N) is 1. The number of furan rings is 2. The molecular weight excluding hydrogens is 703 g/mol. The predicted octanol–water partition coefficient (Wildman–Crippen LogP) is 15.8. The summed E-state index contributed by atoms with van der Waals surface area (Å²) in [5.41, 5.74) is 11.4. The van der Waals surface area contributed by atoms with Crippen molar-refractivity contribution in [3.8, 4) is 22.3 Å². The summed E-state index contributed by atoms with van der Waals surface area (Å²) in [6, 6.07) is 67.3. The minimum absolute atomic E-state index is 0.865. The molecule has 3 aromatic heterocycles. The molecule has 0 fully saturated rings.